The number of fused-ring (bicyclic) bond motifs is 1. The number of methoxy groups -OCH3 is 2. The zero-order valence-electron chi connectivity index (χ0n) is 20.1. The van der Waals surface area contributed by atoms with Gasteiger partial charge in [0.05, 0.1) is 50.8 Å². The summed E-state index contributed by atoms with van der Waals surface area (Å²) in [4.78, 5) is 27.8. The summed E-state index contributed by atoms with van der Waals surface area (Å²) >= 11 is 0. The van der Waals surface area contributed by atoms with E-state index in [0.717, 1.165) is 12.1 Å². The number of ether oxygens (including phenoxy) is 2. The largest absolute Gasteiger partial charge is 0.493 e. The topological polar surface area (TPSA) is 115 Å². The van der Waals surface area contributed by atoms with Gasteiger partial charge in [0.2, 0.25) is 0 Å². The molecule has 9 nitrogen and oxygen atoms in total. The first kappa shape index (κ1) is 25.0. The van der Waals surface area contributed by atoms with Gasteiger partial charge in [0, 0.05) is 17.3 Å². The van der Waals surface area contributed by atoms with Gasteiger partial charge in [-0.15, -0.1) is 0 Å². The second kappa shape index (κ2) is 9.51. The van der Waals surface area contributed by atoms with E-state index in [9.17, 15) is 18.0 Å². The number of hydrogen-bond acceptors (Lipinski definition) is 8. The van der Waals surface area contributed by atoms with E-state index in [0.29, 0.717) is 40.0 Å². The van der Waals surface area contributed by atoms with Gasteiger partial charge in [-0.1, -0.05) is 0 Å². The first-order chi connectivity index (χ1) is 17.0. The number of anilines is 2. The highest BCUT2D eigenvalue weighted by molar-refractivity contribution is 5.93. The number of rotatable bonds is 6. The third-order valence-electron chi connectivity index (χ3n) is 5.83. The van der Waals surface area contributed by atoms with Crippen LogP contribution in [0.1, 0.15) is 51.7 Å². The maximum absolute atomic E-state index is 13.3. The van der Waals surface area contributed by atoms with Crippen molar-refractivity contribution in [2.75, 3.05) is 25.3 Å². The number of nitrogens with two attached hydrogens (primary N) is 1. The summed E-state index contributed by atoms with van der Waals surface area (Å²) < 4.78 is 50.2. The van der Waals surface area contributed by atoms with E-state index in [-0.39, 0.29) is 30.4 Å². The molecule has 2 aromatic heterocycles. The number of nitrogens with one attached hydrogen (secondary N) is 1. The Bertz CT molecular complexity index is 1310. The number of pyridine rings is 1. The average Bonchev–Trinajstić information content (AvgIpc) is 3.26. The van der Waals surface area contributed by atoms with Crippen molar-refractivity contribution in [3.8, 4) is 11.5 Å². The van der Waals surface area contributed by atoms with Crippen LogP contribution in [0.25, 0.3) is 0 Å². The van der Waals surface area contributed by atoms with Crippen molar-refractivity contribution >= 4 is 17.4 Å². The summed E-state index contributed by atoms with van der Waals surface area (Å²) in [6.45, 7) is 3.85. The fraction of sp³-hybridized carbons (Fsp3) is 0.333. The molecule has 36 heavy (non-hydrogen) atoms. The molecule has 1 aromatic carbocycles. The van der Waals surface area contributed by atoms with Crippen molar-refractivity contribution in [3.05, 3.63) is 64.4 Å². The minimum atomic E-state index is -4.52. The predicted octanol–water partition coefficient (Wildman–Crippen LogP) is 4.13. The highest BCUT2D eigenvalue weighted by Crippen LogP contribution is 2.35. The van der Waals surface area contributed by atoms with Crippen LogP contribution in [0.4, 0.5) is 24.7 Å². The van der Waals surface area contributed by atoms with Crippen molar-refractivity contribution in [2.45, 2.75) is 39.2 Å². The summed E-state index contributed by atoms with van der Waals surface area (Å²) in [5.74, 6) is 1.34. The summed E-state index contributed by atoms with van der Waals surface area (Å²) in [5, 5.41) is 3.17. The molecule has 3 heterocycles. The number of aryl methyl sites for hydroxylation is 1. The minimum absolute atomic E-state index is 0.0109. The number of carbonyl (C=O) groups excluding carboxylic acids is 1. The lowest BCUT2D eigenvalue weighted by Crippen LogP contribution is -2.26. The Balaban J connectivity index is 1.59. The maximum Gasteiger partial charge on any atom is 0.416 e. The molecule has 1 atom stereocenters. The molecule has 0 radical (unpaired) electrons. The van der Waals surface area contributed by atoms with Gasteiger partial charge in [-0.05, 0) is 37.6 Å². The molecule has 3 aromatic rings. The fourth-order valence-electron chi connectivity index (χ4n) is 4.04. The van der Waals surface area contributed by atoms with E-state index >= 15 is 0 Å². The van der Waals surface area contributed by atoms with Gasteiger partial charge in [0.15, 0.2) is 11.5 Å². The molecule has 4 rings (SSSR count). The molecule has 0 saturated carbocycles. The third kappa shape index (κ3) is 4.97. The molecule has 3 N–H and O–H groups in total. The second-order valence-electron chi connectivity index (χ2n) is 8.38. The lowest BCUT2D eigenvalue weighted by atomic mass is 10.0. The number of hydrogen-bond donors (Lipinski definition) is 2. The van der Waals surface area contributed by atoms with Crippen LogP contribution in [0.5, 0.6) is 11.5 Å². The number of benzene rings is 1. The molecule has 12 heteroatoms. The van der Waals surface area contributed by atoms with Crippen molar-refractivity contribution in [1.82, 2.24) is 19.9 Å². The number of alkyl halides is 3. The normalized spacial score (nSPS) is 13.8. The van der Waals surface area contributed by atoms with Gasteiger partial charge >= 0.3 is 6.18 Å². The summed E-state index contributed by atoms with van der Waals surface area (Å²) in [7, 11) is 2.94. The van der Waals surface area contributed by atoms with E-state index in [1.165, 1.54) is 32.5 Å². The van der Waals surface area contributed by atoms with E-state index in [1.807, 2.05) is 0 Å². The number of carbonyl (C=O) groups is 1. The molecule has 0 saturated heterocycles. The van der Waals surface area contributed by atoms with Crippen molar-refractivity contribution in [1.29, 1.82) is 0 Å². The number of halogens is 3. The van der Waals surface area contributed by atoms with Gasteiger partial charge < -0.3 is 25.4 Å². The Kier molecular flexibility index (Phi) is 6.61. The van der Waals surface area contributed by atoms with Gasteiger partial charge in [-0.25, -0.2) is 15.0 Å². The van der Waals surface area contributed by atoms with Gasteiger partial charge in [-0.3, -0.25) is 4.79 Å². The van der Waals surface area contributed by atoms with Gasteiger partial charge in [-0.2, -0.15) is 13.2 Å². The quantitative estimate of drug-likeness (QED) is 0.484. The highest BCUT2D eigenvalue weighted by atomic mass is 19.4. The molecular weight excluding hydrogens is 477 g/mol. The molecular formula is C24H25F3N6O3. The molecule has 0 spiro atoms. The Hall–Kier alpha value is -4.09. The molecule has 0 fully saturated rings. The second-order valence-corrected chi connectivity index (χ2v) is 8.38. The zero-order chi connectivity index (χ0) is 26.2. The lowest BCUT2D eigenvalue weighted by molar-refractivity contribution is -0.137. The van der Waals surface area contributed by atoms with Crippen molar-refractivity contribution in [3.63, 3.8) is 0 Å². The Morgan fingerprint density at radius 2 is 1.83 bits per heavy atom. The number of amides is 1. The lowest BCUT2D eigenvalue weighted by Gasteiger charge is -2.20. The molecule has 0 bridgehead atoms. The van der Waals surface area contributed by atoms with Gasteiger partial charge in [0.25, 0.3) is 5.91 Å². The summed E-state index contributed by atoms with van der Waals surface area (Å²) in [6, 6.07) is 4.39. The van der Waals surface area contributed by atoms with Crippen LogP contribution < -0.4 is 20.5 Å². The van der Waals surface area contributed by atoms with E-state index < -0.39 is 17.8 Å². The van der Waals surface area contributed by atoms with E-state index in [1.54, 1.807) is 18.7 Å². The van der Waals surface area contributed by atoms with Crippen LogP contribution in [0, 0.1) is 6.92 Å². The predicted molar refractivity (Wildman–Crippen MR) is 126 cm³/mol. The van der Waals surface area contributed by atoms with Gasteiger partial charge in [0.1, 0.15) is 17.3 Å². The first-order valence-electron chi connectivity index (χ1n) is 11.0. The Labute approximate surface area is 205 Å². The zero-order valence-corrected chi connectivity index (χ0v) is 20.1. The molecule has 1 aliphatic heterocycles. The SMILES string of the molecule is COc1cnc(C(=O)N2Cc3nc(C)nc(N[C@H](C)c4cc(N)cc(C(F)(F)F)c4)c3C2)cc1OC. The van der Waals surface area contributed by atoms with Crippen LogP contribution >= 0.6 is 0 Å². The van der Waals surface area contributed by atoms with Crippen LogP contribution in [-0.2, 0) is 19.3 Å². The standard InChI is InChI=1S/C24H25F3N6O3/c1-12(14-5-15(24(25,26)27)7-16(28)6-14)30-22-17-10-33(11-19(17)31-13(2)32-22)23(34)18-8-20(35-3)21(36-4)9-29-18/h5-9,12H,10-11,28H2,1-4H3,(H,30,31,32)/t12-/m1/s1. The van der Waals surface area contributed by atoms with Crippen LogP contribution in [0.3, 0.4) is 0 Å². The van der Waals surface area contributed by atoms with E-state index in [4.69, 9.17) is 15.2 Å². The van der Waals surface area contributed by atoms with Crippen LogP contribution in [-0.4, -0.2) is 40.0 Å². The number of nitrogens with zero attached hydrogens (tertiary/aromatic N) is 4. The molecule has 190 valence electrons. The smallest absolute Gasteiger partial charge is 0.416 e. The summed E-state index contributed by atoms with van der Waals surface area (Å²) in [6.07, 6.45) is -3.11. The van der Waals surface area contributed by atoms with Crippen LogP contribution in [0.2, 0.25) is 0 Å². The Morgan fingerprint density at radius 3 is 2.50 bits per heavy atom. The van der Waals surface area contributed by atoms with Crippen LogP contribution in [0.15, 0.2) is 30.5 Å². The fourth-order valence-corrected chi connectivity index (χ4v) is 4.04. The minimum Gasteiger partial charge on any atom is -0.493 e. The first-order valence-corrected chi connectivity index (χ1v) is 11.0. The monoisotopic (exact) mass is 502 g/mol. The third-order valence-corrected chi connectivity index (χ3v) is 5.83. The highest BCUT2D eigenvalue weighted by Gasteiger charge is 2.33. The Morgan fingerprint density at radius 1 is 1.11 bits per heavy atom. The van der Waals surface area contributed by atoms with Crippen molar-refractivity contribution in [2.24, 2.45) is 0 Å². The molecule has 1 aliphatic rings. The molecule has 1 amide bonds. The molecule has 0 unspecified atom stereocenters. The van der Waals surface area contributed by atoms with E-state index in [2.05, 4.69) is 20.3 Å². The number of nitrogen functional groups attached to an aromatic ring is 1. The van der Waals surface area contributed by atoms with Crippen molar-refractivity contribution < 1.29 is 27.4 Å². The maximum atomic E-state index is 13.3. The summed E-state index contributed by atoms with van der Waals surface area (Å²) in [5.41, 5.74) is 6.77. The number of aromatic nitrogens is 3. The molecule has 0 aliphatic carbocycles. The average molecular weight is 502 g/mol.